The first kappa shape index (κ1) is 12.9. The summed E-state index contributed by atoms with van der Waals surface area (Å²) in [6.07, 6.45) is 4.80. The van der Waals surface area contributed by atoms with Crippen molar-refractivity contribution in [1.29, 1.82) is 0 Å². The fraction of sp³-hybridized carbons (Fsp3) is 0.235. The molecule has 0 saturated carbocycles. The maximum Gasteiger partial charge on any atom is 0.114 e. The molecule has 1 aromatic carbocycles. The van der Waals surface area contributed by atoms with E-state index in [1.54, 1.807) is 0 Å². The van der Waals surface area contributed by atoms with Crippen LogP contribution in [0.25, 0.3) is 16.6 Å². The fourth-order valence-corrected chi connectivity index (χ4v) is 2.67. The van der Waals surface area contributed by atoms with Crippen molar-refractivity contribution in [2.24, 2.45) is 5.73 Å². The molecule has 3 aromatic rings. The van der Waals surface area contributed by atoms with Crippen LogP contribution in [0.1, 0.15) is 17.0 Å². The monoisotopic (exact) mass is 265 g/mol. The lowest BCUT2D eigenvalue weighted by Gasteiger charge is -2.08. The molecule has 0 unspecified atom stereocenters. The standard InChI is InChI=1S/C17H19N3/c1-12-3-4-16(13(2)9-12)14-6-8-20-15(10-14)11-19-17(20)5-7-18/h3-4,6,8-11H,5,7,18H2,1-2H3. The van der Waals surface area contributed by atoms with Crippen molar-refractivity contribution >= 4 is 5.52 Å². The Labute approximate surface area is 119 Å². The fourth-order valence-electron chi connectivity index (χ4n) is 2.67. The number of imidazole rings is 1. The quantitative estimate of drug-likeness (QED) is 0.790. The molecule has 20 heavy (non-hydrogen) atoms. The van der Waals surface area contributed by atoms with Gasteiger partial charge in [0.15, 0.2) is 0 Å². The summed E-state index contributed by atoms with van der Waals surface area (Å²) in [4.78, 5) is 4.44. The van der Waals surface area contributed by atoms with Gasteiger partial charge in [-0.15, -0.1) is 0 Å². The number of aryl methyl sites for hydroxylation is 2. The van der Waals surface area contributed by atoms with Gasteiger partial charge in [-0.3, -0.25) is 0 Å². The Morgan fingerprint density at radius 1 is 1.15 bits per heavy atom. The van der Waals surface area contributed by atoms with Crippen LogP contribution in [0.3, 0.4) is 0 Å². The number of rotatable bonds is 3. The second-order valence-corrected chi connectivity index (χ2v) is 5.24. The van der Waals surface area contributed by atoms with Crippen LogP contribution in [0, 0.1) is 13.8 Å². The molecule has 2 N–H and O–H groups in total. The topological polar surface area (TPSA) is 43.3 Å². The van der Waals surface area contributed by atoms with Crippen LogP contribution in [-0.4, -0.2) is 15.9 Å². The molecular formula is C17H19N3. The maximum atomic E-state index is 5.61. The van der Waals surface area contributed by atoms with Gasteiger partial charge in [0.05, 0.1) is 11.7 Å². The van der Waals surface area contributed by atoms with Gasteiger partial charge in [-0.1, -0.05) is 23.8 Å². The van der Waals surface area contributed by atoms with Crippen LogP contribution in [0.2, 0.25) is 0 Å². The molecule has 3 rings (SSSR count). The van der Waals surface area contributed by atoms with E-state index in [4.69, 9.17) is 5.73 Å². The molecule has 0 aliphatic rings. The number of aromatic nitrogens is 2. The second kappa shape index (κ2) is 5.10. The summed E-state index contributed by atoms with van der Waals surface area (Å²) in [6, 6.07) is 10.9. The second-order valence-electron chi connectivity index (χ2n) is 5.24. The Balaban J connectivity index is 2.09. The van der Waals surface area contributed by atoms with E-state index < -0.39 is 0 Å². The van der Waals surface area contributed by atoms with Gasteiger partial charge in [-0.05, 0) is 49.2 Å². The average Bonchev–Trinajstić information content (AvgIpc) is 2.82. The van der Waals surface area contributed by atoms with Crippen molar-refractivity contribution in [2.45, 2.75) is 20.3 Å². The minimum absolute atomic E-state index is 0.623. The lowest BCUT2D eigenvalue weighted by atomic mass is 9.99. The van der Waals surface area contributed by atoms with E-state index in [2.05, 4.69) is 59.8 Å². The minimum Gasteiger partial charge on any atom is -0.330 e. The molecule has 0 saturated heterocycles. The minimum atomic E-state index is 0.623. The lowest BCUT2D eigenvalue weighted by molar-refractivity contribution is 0.863. The highest BCUT2D eigenvalue weighted by atomic mass is 15.0. The van der Waals surface area contributed by atoms with Gasteiger partial charge < -0.3 is 10.1 Å². The van der Waals surface area contributed by atoms with Crippen LogP contribution in [0.4, 0.5) is 0 Å². The van der Waals surface area contributed by atoms with Crippen molar-refractivity contribution in [3.05, 3.63) is 59.7 Å². The van der Waals surface area contributed by atoms with Gasteiger partial charge in [0.25, 0.3) is 0 Å². The van der Waals surface area contributed by atoms with Gasteiger partial charge >= 0.3 is 0 Å². The molecule has 2 aromatic heterocycles. The highest BCUT2D eigenvalue weighted by Gasteiger charge is 2.06. The molecule has 2 heterocycles. The Morgan fingerprint density at radius 3 is 2.75 bits per heavy atom. The van der Waals surface area contributed by atoms with Crippen molar-refractivity contribution < 1.29 is 0 Å². The zero-order valence-corrected chi connectivity index (χ0v) is 11.9. The number of hydrogen-bond donors (Lipinski definition) is 1. The molecular weight excluding hydrogens is 246 g/mol. The van der Waals surface area contributed by atoms with Crippen molar-refractivity contribution in [3.8, 4) is 11.1 Å². The van der Waals surface area contributed by atoms with Crippen molar-refractivity contribution in [3.63, 3.8) is 0 Å². The molecule has 0 aliphatic carbocycles. The number of nitrogens with two attached hydrogens (primary N) is 1. The molecule has 102 valence electrons. The average molecular weight is 265 g/mol. The van der Waals surface area contributed by atoms with E-state index in [0.29, 0.717) is 6.54 Å². The largest absolute Gasteiger partial charge is 0.330 e. The van der Waals surface area contributed by atoms with Gasteiger partial charge in [-0.25, -0.2) is 4.98 Å². The molecule has 3 nitrogen and oxygen atoms in total. The molecule has 3 heteroatoms. The number of benzene rings is 1. The Kier molecular flexibility index (Phi) is 3.28. The van der Waals surface area contributed by atoms with Crippen LogP contribution < -0.4 is 5.73 Å². The Morgan fingerprint density at radius 2 is 2.00 bits per heavy atom. The van der Waals surface area contributed by atoms with Gasteiger partial charge in [0.2, 0.25) is 0 Å². The van der Waals surface area contributed by atoms with E-state index in [-0.39, 0.29) is 0 Å². The van der Waals surface area contributed by atoms with E-state index in [1.165, 1.54) is 22.3 Å². The summed E-state index contributed by atoms with van der Waals surface area (Å²) in [5.41, 5.74) is 11.8. The first-order valence-corrected chi connectivity index (χ1v) is 6.93. The van der Waals surface area contributed by atoms with Crippen molar-refractivity contribution in [1.82, 2.24) is 9.38 Å². The number of pyridine rings is 1. The summed E-state index contributed by atoms with van der Waals surface area (Å²) in [7, 11) is 0. The third-order valence-electron chi connectivity index (χ3n) is 3.67. The first-order valence-electron chi connectivity index (χ1n) is 6.93. The Bertz CT molecular complexity index is 756. The lowest BCUT2D eigenvalue weighted by Crippen LogP contribution is -2.06. The summed E-state index contributed by atoms with van der Waals surface area (Å²) in [5, 5.41) is 0. The van der Waals surface area contributed by atoms with E-state index in [0.717, 1.165) is 17.8 Å². The van der Waals surface area contributed by atoms with Crippen molar-refractivity contribution in [2.75, 3.05) is 6.54 Å². The van der Waals surface area contributed by atoms with Gasteiger partial charge in [-0.2, -0.15) is 0 Å². The molecule has 0 atom stereocenters. The zero-order chi connectivity index (χ0) is 14.1. The molecule has 0 aliphatic heterocycles. The smallest absolute Gasteiger partial charge is 0.114 e. The molecule has 0 radical (unpaired) electrons. The summed E-state index contributed by atoms with van der Waals surface area (Å²) >= 11 is 0. The number of nitrogens with zero attached hydrogens (tertiary/aromatic N) is 2. The molecule has 0 spiro atoms. The van der Waals surface area contributed by atoms with Crippen LogP contribution >= 0.6 is 0 Å². The predicted molar refractivity (Wildman–Crippen MR) is 82.9 cm³/mol. The third kappa shape index (κ3) is 2.21. The molecule has 0 bridgehead atoms. The highest BCUT2D eigenvalue weighted by molar-refractivity contribution is 5.71. The van der Waals surface area contributed by atoms with E-state index >= 15 is 0 Å². The predicted octanol–water partition coefficient (Wildman–Crippen LogP) is 3.12. The van der Waals surface area contributed by atoms with Crippen LogP contribution in [-0.2, 0) is 6.42 Å². The zero-order valence-electron chi connectivity index (χ0n) is 11.9. The normalized spacial score (nSPS) is 11.2. The van der Waals surface area contributed by atoms with E-state index in [1.807, 2.05) is 6.20 Å². The van der Waals surface area contributed by atoms with Gasteiger partial charge in [0, 0.05) is 12.6 Å². The Hall–Kier alpha value is -2.13. The van der Waals surface area contributed by atoms with Crippen LogP contribution in [0.15, 0.2) is 42.7 Å². The van der Waals surface area contributed by atoms with Crippen LogP contribution in [0.5, 0.6) is 0 Å². The first-order chi connectivity index (χ1) is 9.69. The number of hydrogen-bond acceptors (Lipinski definition) is 2. The maximum absolute atomic E-state index is 5.61. The molecule has 0 fully saturated rings. The van der Waals surface area contributed by atoms with E-state index in [9.17, 15) is 0 Å². The summed E-state index contributed by atoms with van der Waals surface area (Å²) < 4.78 is 2.11. The highest BCUT2D eigenvalue weighted by Crippen LogP contribution is 2.25. The van der Waals surface area contributed by atoms with Gasteiger partial charge in [0.1, 0.15) is 5.82 Å². The number of fused-ring (bicyclic) bond motifs is 1. The molecule has 0 amide bonds. The third-order valence-corrected chi connectivity index (χ3v) is 3.67. The summed E-state index contributed by atoms with van der Waals surface area (Å²) in [5.74, 6) is 1.02. The SMILES string of the molecule is Cc1ccc(-c2ccn3c(CCN)ncc3c2)c(C)c1. The summed E-state index contributed by atoms with van der Waals surface area (Å²) in [6.45, 7) is 4.90.